The molecule has 0 saturated heterocycles. The molecule has 0 aliphatic heterocycles. The number of aromatic nitrogens is 2. The summed E-state index contributed by atoms with van der Waals surface area (Å²) in [6, 6.07) is 14.2. The maximum Gasteiger partial charge on any atom is 0.367 e. The van der Waals surface area contributed by atoms with E-state index in [1.165, 1.54) is 17.0 Å². The number of benzene rings is 2. The van der Waals surface area contributed by atoms with Crippen molar-refractivity contribution < 1.29 is 9.63 Å². The minimum absolute atomic E-state index is 0.269. The quantitative estimate of drug-likeness (QED) is 0.196. The second kappa shape index (κ2) is 8.46. The molecule has 8 heteroatoms. The smallest absolute Gasteiger partial charge is 0.313 e. The molecule has 5 nitrogen and oxygen atoms in total. The predicted octanol–water partition coefficient (Wildman–Crippen LogP) is 6.44. The van der Waals surface area contributed by atoms with Gasteiger partial charge in [0.1, 0.15) is 0 Å². The summed E-state index contributed by atoms with van der Waals surface area (Å²) in [6.07, 6.45) is 5.95. The number of fused-ring (bicyclic) bond motifs is 3. The Hall–Kier alpha value is -2.67. The molecule has 0 saturated carbocycles. The second-order valence-electron chi connectivity index (χ2n) is 7.24. The first-order chi connectivity index (χ1) is 15.1. The van der Waals surface area contributed by atoms with Gasteiger partial charge in [-0.25, -0.2) is 9.78 Å². The minimum Gasteiger partial charge on any atom is -0.313 e. The maximum absolute atomic E-state index is 12.4. The molecule has 156 valence electrons. The fourth-order valence-corrected chi connectivity index (χ4v) is 5.35. The SMILES string of the molecule is O=C(O/N=C/c1c(-c2ccc(Cl)cc2)nc2sc3c(n12)CCCC3)c1ccccc1Cl. The van der Waals surface area contributed by atoms with Crippen LogP contribution in [-0.2, 0) is 17.7 Å². The van der Waals surface area contributed by atoms with Crippen molar-refractivity contribution in [2.75, 3.05) is 0 Å². The van der Waals surface area contributed by atoms with E-state index in [0.717, 1.165) is 41.2 Å². The highest BCUT2D eigenvalue weighted by atomic mass is 35.5. The van der Waals surface area contributed by atoms with Gasteiger partial charge < -0.3 is 4.84 Å². The number of nitrogens with zero attached hydrogens (tertiary/aromatic N) is 3. The Morgan fingerprint density at radius 3 is 2.68 bits per heavy atom. The lowest BCUT2D eigenvalue weighted by atomic mass is 10.0. The molecule has 5 rings (SSSR count). The first-order valence-electron chi connectivity index (χ1n) is 9.90. The van der Waals surface area contributed by atoms with Crippen LogP contribution < -0.4 is 0 Å². The number of hydrogen-bond donors (Lipinski definition) is 0. The van der Waals surface area contributed by atoms with Crippen LogP contribution in [0.15, 0.2) is 53.7 Å². The van der Waals surface area contributed by atoms with Gasteiger partial charge in [0.15, 0.2) is 4.96 Å². The Kier molecular flexibility index (Phi) is 5.52. The number of rotatable bonds is 4. The van der Waals surface area contributed by atoms with Gasteiger partial charge in [0, 0.05) is 21.2 Å². The number of carbonyl (C=O) groups is 1. The van der Waals surface area contributed by atoms with Crippen molar-refractivity contribution in [3.05, 3.63) is 80.4 Å². The van der Waals surface area contributed by atoms with E-state index < -0.39 is 5.97 Å². The lowest BCUT2D eigenvalue weighted by Crippen LogP contribution is -2.06. The first-order valence-corrected chi connectivity index (χ1v) is 11.5. The van der Waals surface area contributed by atoms with Crippen LogP contribution in [0.4, 0.5) is 0 Å². The van der Waals surface area contributed by atoms with Crippen molar-refractivity contribution in [2.45, 2.75) is 25.7 Å². The molecule has 0 N–H and O–H groups in total. The van der Waals surface area contributed by atoms with Crippen LogP contribution in [0.2, 0.25) is 10.0 Å². The largest absolute Gasteiger partial charge is 0.367 e. The van der Waals surface area contributed by atoms with E-state index in [1.54, 1.807) is 41.8 Å². The fourth-order valence-electron chi connectivity index (χ4n) is 3.80. The molecule has 4 aromatic rings. The maximum atomic E-state index is 12.4. The predicted molar refractivity (Wildman–Crippen MR) is 125 cm³/mol. The zero-order valence-corrected chi connectivity index (χ0v) is 18.7. The summed E-state index contributed by atoms with van der Waals surface area (Å²) >= 11 is 13.9. The van der Waals surface area contributed by atoms with Gasteiger partial charge in [-0.15, -0.1) is 11.3 Å². The molecule has 1 aliphatic carbocycles. The minimum atomic E-state index is -0.608. The Labute approximate surface area is 192 Å². The Morgan fingerprint density at radius 1 is 1.10 bits per heavy atom. The van der Waals surface area contributed by atoms with Gasteiger partial charge >= 0.3 is 5.97 Å². The number of thiazole rings is 1. The molecule has 0 amide bonds. The molecule has 31 heavy (non-hydrogen) atoms. The monoisotopic (exact) mass is 469 g/mol. The molecule has 0 radical (unpaired) electrons. The average molecular weight is 470 g/mol. The summed E-state index contributed by atoms with van der Waals surface area (Å²) in [5.74, 6) is -0.608. The summed E-state index contributed by atoms with van der Waals surface area (Å²) < 4.78 is 2.13. The molecule has 2 heterocycles. The van der Waals surface area contributed by atoms with E-state index in [4.69, 9.17) is 33.0 Å². The topological polar surface area (TPSA) is 56.0 Å². The number of halogens is 2. The Balaban J connectivity index is 1.55. The molecule has 0 bridgehead atoms. The highest BCUT2D eigenvalue weighted by Gasteiger charge is 2.23. The molecule has 2 aromatic heterocycles. The number of oxime groups is 1. The molecular formula is C23H17Cl2N3O2S. The van der Waals surface area contributed by atoms with Gasteiger partial charge in [0.25, 0.3) is 0 Å². The number of hydrogen-bond acceptors (Lipinski definition) is 5. The number of imidazole rings is 1. The zero-order chi connectivity index (χ0) is 21.4. The van der Waals surface area contributed by atoms with Crippen LogP contribution in [0.3, 0.4) is 0 Å². The number of carbonyl (C=O) groups excluding carboxylic acids is 1. The summed E-state index contributed by atoms with van der Waals surface area (Å²) in [5.41, 5.74) is 4.00. The molecule has 0 atom stereocenters. The molecule has 1 aliphatic rings. The highest BCUT2D eigenvalue weighted by molar-refractivity contribution is 7.17. The van der Waals surface area contributed by atoms with Gasteiger partial charge in [-0.1, -0.05) is 52.6 Å². The third kappa shape index (κ3) is 3.87. The van der Waals surface area contributed by atoms with Crippen molar-refractivity contribution in [2.24, 2.45) is 5.16 Å². The summed E-state index contributed by atoms with van der Waals surface area (Å²) in [4.78, 5) is 24.7. The summed E-state index contributed by atoms with van der Waals surface area (Å²) in [5, 5.41) is 4.98. The van der Waals surface area contributed by atoms with Crippen molar-refractivity contribution >= 4 is 51.7 Å². The molecule has 0 spiro atoms. The lowest BCUT2D eigenvalue weighted by molar-refractivity contribution is 0.0519. The highest BCUT2D eigenvalue weighted by Crippen LogP contribution is 2.34. The van der Waals surface area contributed by atoms with Crippen LogP contribution in [0, 0.1) is 0 Å². The van der Waals surface area contributed by atoms with Crippen molar-refractivity contribution in [1.82, 2.24) is 9.38 Å². The fraction of sp³-hybridized carbons (Fsp3) is 0.174. The van der Waals surface area contributed by atoms with Crippen LogP contribution in [0.1, 0.15) is 39.5 Å². The van der Waals surface area contributed by atoms with E-state index >= 15 is 0 Å². The molecule has 0 unspecified atom stereocenters. The zero-order valence-electron chi connectivity index (χ0n) is 16.3. The Bertz CT molecular complexity index is 1310. The Morgan fingerprint density at radius 2 is 1.87 bits per heavy atom. The van der Waals surface area contributed by atoms with Gasteiger partial charge in [-0.3, -0.25) is 4.40 Å². The van der Waals surface area contributed by atoms with Crippen LogP contribution >= 0.6 is 34.5 Å². The average Bonchev–Trinajstić information content (AvgIpc) is 3.31. The molecular weight excluding hydrogens is 453 g/mol. The third-order valence-corrected chi connectivity index (χ3v) is 7.00. The van der Waals surface area contributed by atoms with Gasteiger partial charge in [-0.2, -0.15) is 0 Å². The van der Waals surface area contributed by atoms with Crippen molar-refractivity contribution in [3.8, 4) is 11.3 Å². The normalized spacial score (nSPS) is 13.6. The van der Waals surface area contributed by atoms with Gasteiger partial charge in [0.2, 0.25) is 0 Å². The first kappa shape index (κ1) is 20.2. The van der Waals surface area contributed by atoms with E-state index in [1.807, 2.05) is 24.3 Å². The van der Waals surface area contributed by atoms with Gasteiger partial charge in [0.05, 0.1) is 28.2 Å². The molecule has 0 fully saturated rings. The van der Waals surface area contributed by atoms with Gasteiger partial charge in [-0.05, 0) is 49.9 Å². The van der Waals surface area contributed by atoms with Crippen LogP contribution in [0.5, 0.6) is 0 Å². The standard InChI is InChI=1S/C23H17Cl2N3O2S/c24-15-11-9-14(10-12-15)21-19(13-26-30-22(29)16-5-1-2-6-17(16)25)28-18-7-3-4-8-20(18)31-23(28)27-21/h1-2,5-6,9-13H,3-4,7-8H2/b26-13+. The van der Waals surface area contributed by atoms with E-state index in [9.17, 15) is 4.79 Å². The summed E-state index contributed by atoms with van der Waals surface area (Å²) in [7, 11) is 0. The van der Waals surface area contributed by atoms with E-state index in [-0.39, 0.29) is 5.56 Å². The lowest BCUT2D eigenvalue weighted by Gasteiger charge is -2.11. The molecule has 2 aromatic carbocycles. The van der Waals surface area contributed by atoms with Crippen LogP contribution in [-0.4, -0.2) is 21.6 Å². The van der Waals surface area contributed by atoms with Crippen LogP contribution in [0.25, 0.3) is 16.2 Å². The van der Waals surface area contributed by atoms with Crippen molar-refractivity contribution in [1.29, 1.82) is 0 Å². The van der Waals surface area contributed by atoms with E-state index in [0.29, 0.717) is 10.0 Å². The number of aryl methyl sites for hydroxylation is 2. The summed E-state index contributed by atoms with van der Waals surface area (Å²) in [6.45, 7) is 0. The van der Waals surface area contributed by atoms with Crippen molar-refractivity contribution in [3.63, 3.8) is 0 Å². The third-order valence-electron chi connectivity index (χ3n) is 5.28. The second-order valence-corrected chi connectivity index (χ2v) is 9.15. The van der Waals surface area contributed by atoms with E-state index in [2.05, 4.69) is 9.56 Å².